The van der Waals surface area contributed by atoms with Crippen molar-refractivity contribution in [3.05, 3.63) is 15.6 Å². The van der Waals surface area contributed by atoms with Gasteiger partial charge in [0.25, 0.3) is 0 Å². The van der Waals surface area contributed by atoms with E-state index in [1.807, 2.05) is 6.92 Å². The molecule has 2 aliphatic heterocycles. The summed E-state index contributed by atoms with van der Waals surface area (Å²) in [6.45, 7) is 11.6. The van der Waals surface area contributed by atoms with E-state index in [1.54, 1.807) is 11.3 Å². The standard InChI is InChI=1S/C17H29N5OS.HI/c1-4-18-17(20-9-16-12(2)21-13(3)24-16)19-8-15-10-22-7-5-6-14(22)11-23-15;/h14-15H,4-11H2,1-3H3,(H2,18,19,20);1H. The normalized spacial score (nSPS) is 23.9. The van der Waals surface area contributed by atoms with Gasteiger partial charge in [0.2, 0.25) is 0 Å². The van der Waals surface area contributed by atoms with Crippen molar-refractivity contribution in [1.82, 2.24) is 20.5 Å². The smallest absolute Gasteiger partial charge is 0.191 e. The van der Waals surface area contributed by atoms with Crippen molar-refractivity contribution >= 4 is 41.3 Å². The second-order valence-corrected chi connectivity index (χ2v) is 7.85. The van der Waals surface area contributed by atoms with Crippen LogP contribution in [0, 0.1) is 13.8 Å². The zero-order valence-electron chi connectivity index (χ0n) is 15.4. The van der Waals surface area contributed by atoms with E-state index < -0.39 is 0 Å². The van der Waals surface area contributed by atoms with E-state index in [9.17, 15) is 0 Å². The SMILES string of the molecule is CCNC(=NCc1sc(C)nc1C)NCC1CN2CCCC2CO1.I. The highest BCUT2D eigenvalue weighted by Gasteiger charge is 2.32. The summed E-state index contributed by atoms with van der Waals surface area (Å²) in [5, 5.41) is 7.86. The molecule has 142 valence electrons. The summed E-state index contributed by atoms with van der Waals surface area (Å²) < 4.78 is 6.01. The Hall–Kier alpha value is -0.450. The monoisotopic (exact) mass is 479 g/mol. The van der Waals surface area contributed by atoms with Crippen molar-refractivity contribution in [2.75, 3.05) is 32.8 Å². The number of ether oxygens (including phenoxy) is 1. The van der Waals surface area contributed by atoms with Gasteiger partial charge in [-0.05, 0) is 40.2 Å². The number of nitrogens with zero attached hydrogens (tertiary/aromatic N) is 3. The van der Waals surface area contributed by atoms with E-state index in [0.29, 0.717) is 12.6 Å². The molecule has 2 unspecified atom stereocenters. The quantitative estimate of drug-likeness (QED) is 0.386. The molecule has 0 saturated carbocycles. The first-order chi connectivity index (χ1) is 11.7. The Labute approximate surface area is 171 Å². The third-order valence-corrected chi connectivity index (χ3v) is 5.74. The van der Waals surface area contributed by atoms with E-state index in [-0.39, 0.29) is 30.1 Å². The van der Waals surface area contributed by atoms with Crippen molar-refractivity contribution in [3.8, 4) is 0 Å². The Morgan fingerprint density at radius 1 is 1.40 bits per heavy atom. The number of guanidine groups is 1. The summed E-state index contributed by atoms with van der Waals surface area (Å²) in [5.41, 5.74) is 1.09. The van der Waals surface area contributed by atoms with Gasteiger partial charge in [0.05, 0.1) is 30.0 Å². The number of hydrogen-bond donors (Lipinski definition) is 2. The lowest BCUT2D eigenvalue weighted by molar-refractivity contribution is -0.0453. The van der Waals surface area contributed by atoms with E-state index >= 15 is 0 Å². The first kappa shape index (κ1) is 20.9. The molecule has 0 aliphatic carbocycles. The van der Waals surface area contributed by atoms with Crippen molar-refractivity contribution < 1.29 is 4.74 Å². The second kappa shape index (κ2) is 10.0. The van der Waals surface area contributed by atoms with Gasteiger partial charge in [0.15, 0.2) is 5.96 Å². The Balaban J connectivity index is 0.00000225. The average Bonchev–Trinajstić information content (AvgIpc) is 3.15. The maximum Gasteiger partial charge on any atom is 0.191 e. The van der Waals surface area contributed by atoms with Gasteiger partial charge >= 0.3 is 0 Å². The van der Waals surface area contributed by atoms with Crippen LogP contribution in [0.25, 0.3) is 0 Å². The number of fused-ring (bicyclic) bond motifs is 1. The second-order valence-electron chi connectivity index (χ2n) is 6.56. The van der Waals surface area contributed by atoms with Crippen molar-refractivity contribution in [2.24, 2.45) is 4.99 Å². The van der Waals surface area contributed by atoms with Gasteiger partial charge in [0.1, 0.15) is 0 Å². The number of rotatable bonds is 5. The van der Waals surface area contributed by atoms with Gasteiger partial charge < -0.3 is 15.4 Å². The van der Waals surface area contributed by atoms with Crippen LogP contribution in [-0.2, 0) is 11.3 Å². The molecule has 2 aliphatic rings. The molecule has 2 atom stereocenters. The lowest BCUT2D eigenvalue weighted by Gasteiger charge is -2.35. The predicted octanol–water partition coefficient (Wildman–Crippen LogP) is 2.30. The van der Waals surface area contributed by atoms with Gasteiger partial charge in [-0.25, -0.2) is 9.98 Å². The molecule has 8 heteroatoms. The molecule has 2 N–H and O–H groups in total. The maximum atomic E-state index is 6.01. The first-order valence-electron chi connectivity index (χ1n) is 8.96. The Bertz CT molecular complexity index is 579. The van der Waals surface area contributed by atoms with Crippen molar-refractivity contribution in [1.29, 1.82) is 0 Å². The zero-order chi connectivity index (χ0) is 16.9. The number of aryl methyl sites for hydroxylation is 2. The molecule has 3 rings (SSSR count). The van der Waals surface area contributed by atoms with Gasteiger partial charge in [-0.2, -0.15) is 0 Å². The first-order valence-corrected chi connectivity index (χ1v) is 9.78. The third-order valence-electron chi connectivity index (χ3n) is 4.68. The highest BCUT2D eigenvalue weighted by atomic mass is 127. The highest BCUT2D eigenvalue weighted by Crippen LogP contribution is 2.22. The number of morpholine rings is 1. The number of hydrogen-bond acceptors (Lipinski definition) is 5. The van der Waals surface area contributed by atoms with Crippen LogP contribution in [-0.4, -0.2) is 60.8 Å². The average molecular weight is 479 g/mol. The van der Waals surface area contributed by atoms with Crippen LogP contribution in [0.2, 0.25) is 0 Å². The van der Waals surface area contributed by atoms with Gasteiger partial charge in [-0.1, -0.05) is 0 Å². The summed E-state index contributed by atoms with van der Waals surface area (Å²) in [6, 6.07) is 0.653. The lowest BCUT2D eigenvalue weighted by Crippen LogP contribution is -2.51. The highest BCUT2D eigenvalue weighted by molar-refractivity contribution is 14.0. The van der Waals surface area contributed by atoms with Crippen LogP contribution in [0.3, 0.4) is 0 Å². The van der Waals surface area contributed by atoms with E-state index in [0.717, 1.165) is 42.9 Å². The Morgan fingerprint density at radius 3 is 2.96 bits per heavy atom. The molecular weight excluding hydrogens is 449 g/mol. The fraction of sp³-hybridized carbons (Fsp3) is 0.765. The molecule has 0 spiro atoms. The fourth-order valence-electron chi connectivity index (χ4n) is 3.43. The lowest BCUT2D eigenvalue weighted by atomic mass is 10.2. The van der Waals surface area contributed by atoms with Crippen LogP contribution in [0.4, 0.5) is 0 Å². The molecule has 3 heterocycles. The molecule has 0 amide bonds. The maximum absolute atomic E-state index is 6.01. The predicted molar refractivity (Wildman–Crippen MR) is 114 cm³/mol. The number of aliphatic imine (C=N–C) groups is 1. The van der Waals surface area contributed by atoms with Crippen LogP contribution in [0.5, 0.6) is 0 Å². The summed E-state index contributed by atoms with van der Waals surface area (Å²) in [4.78, 5) is 13.0. The molecule has 1 aromatic rings. The minimum absolute atomic E-state index is 0. The molecule has 25 heavy (non-hydrogen) atoms. The van der Waals surface area contributed by atoms with Gasteiger partial charge in [-0.15, -0.1) is 35.3 Å². The third kappa shape index (κ3) is 5.77. The summed E-state index contributed by atoms with van der Waals surface area (Å²) >= 11 is 1.73. The van der Waals surface area contributed by atoms with Crippen LogP contribution in [0.15, 0.2) is 4.99 Å². The minimum Gasteiger partial charge on any atom is -0.373 e. The van der Waals surface area contributed by atoms with E-state index in [2.05, 4.69) is 34.4 Å². The van der Waals surface area contributed by atoms with Crippen LogP contribution < -0.4 is 10.6 Å². The minimum atomic E-state index is 0. The van der Waals surface area contributed by atoms with Crippen LogP contribution >= 0.6 is 35.3 Å². The van der Waals surface area contributed by atoms with Crippen molar-refractivity contribution in [3.63, 3.8) is 0 Å². The Kier molecular flexibility index (Phi) is 8.37. The molecule has 2 fully saturated rings. The topological polar surface area (TPSA) is 61.8 Å². The molecule has 0 bridgehead atoms. The van der Waals surface area contributed by atoms with Gasteiger partial charge in [-0.3, -0.25) is 4.90 Å². The molecule has 0 aromatic carbocycles. The number of aromatic nitrogens is 1. The number of thiazole rings is 1. The summed E-state index contributed by atoms with van der Waals surface area (Å²) in [7, 11) is 0. The summed E-state index contributed by atoms with van der Waals surface area (Å²) in [6.07, 6.45) is 2.85. The van der Waals surface area contributed by atoms with Gasteiger partial charge in [0, 0.05) is 30.6 Å². The largest absolute Gasteiger partial charge is 0.373 e. The molecule has 0 radical (unpaired) electrons. The molecule has 2 saturated heterocycles. The number of halogens is 1. The van der Waals surface area contributed by atoms with E-state index in [1.165, 1.54) is 24.3 Å². The fourth-order valence-corrected chi connectivity index (χ4v) is 4.29. The van der Waals surface area contributed by atoms with Crippen molar-refractivity contribution in [2.45, 2.75) is 52.3 Å². The molecule has 6 nitrogen and oxygen atoms in total. The molecule has 1 aromatic heterocycles. The molecular formula is C17H30IN5OS. The summed E-state index contributed by atoms with van der Waals surface area (Å²) in [5.74, 6) is 0.857. The zero-order valence-corrected chi connectivity index (χ0v) is 18.5. The number of nitrogens with one attached hydrogen (secondary N) is 2. The van der Waals surface area contributed by atoms with E-state index in [4.69, 9.17) is 9.73 Å². The Morgan fingerprint density at radius 2 is 2.24 bits per heavy atom. The van der Waals surface area contributed by atoms with Crippen LogP contribution in [0.1, 0.15) is 35.3 Å².